The number of aliphatic hydroxyl groups is 1. The number of nitrogen functional groups attached to an aromatic ring is 1. The van der Waals surface area contributed by atoms with Crippen molar-refractivity contribution in [3.05, 3.63) is 6.20 Å². The highest BCUT2D eigenvalue weighted by molar-refractivity contribution is 7.89. The molecule has 1 fully saturated rings. The summed E-state index contributed by atoms with van der Waals surface area (Å²) in [6.45, 7) is 2.87. The minimum atomic E-state index is -3.69. The van der Waals surface area contributed by atoms with Crippen LogP contribution < -0.4 is 5.73 Å². The molecule has 2 heterocycles. The van der Waals surface area contributed by atoms with E-state index in [4.69, 9.17) is 5.73 Å². The Morgan fingerprint density at radius 1 is 1.50 bits per heavy atom. The molecule has 0 amide bonds. The van der Waals surface area contributed by atoms with Gasteiger partial charge in [0.1, 0.15) is 4.90 Å². The van der Waals surface area contributed by atoms with Crippen LogP contribution in [0.5, 0.6) is 0 Å². The highest BCUT2D eigenvalue weighted by Crippen LogP contribution is 2.27. The van der Waals surface area contributed by atoms with Gasteiger partial charge in [0, 0.05) is 25.3 Å². The van der Waals surface area contributed by atoms with Crippen LogP contribution >= 0.6 is 0 Å². The fourth-order valence-electron chi connectivity index (χ4n) is 2.56. The van der Waals surface area contributed by atoms with Gasteiger partial charge in [-0.2, -0.15) is 9.40 Å². The molecule has 1 aliphatic heterocycles. The third kappa shape index (κ3) is 2.82. The summed E-state index contributed by atoms with van der Waals surface area (Å²) in [6, 6.07) is -0.359. The molecule has 7 nitrogen and oxygen atoms in total. The first-order valence-corrected chi connectivity index (χ1v) is 8.40. The van der Waals surface area contributed by atoms with E-state index >= 15 is 0 Å². The van der Waals surface area contributed by atoms with Crippen molar-refractivity contribution in [1.82, 2.24) is 14.1 Å². The molecule has 114 valence electrons. The van der Waals surface area contributed by atoms with Gasteiger partial charge in [-0.05, 0) is 19.3 Å². The number of piperidine rings is 1. The first kappa shape index (κ1) is 15.3. The Morgan fingerprint density at radius 3 is 2.90 bits per heavy atom. The quantitative estimate of drug-likeness (QED) is 0.820. The van der Waals surface area contributed by atoms with E-state index in [0.29, 0.717) is 19.5 Å². The third-order valence-corrected chi connectivity index (χ3v) is 5.55. The predicted molar refractivity (Wildman–Crippen MR) is 75.5 cm³/mol. The van der Waals surface area contributed by atoms with Crippen molar-refractivity contribution < 1.29 is 13.5 Å². The van der Waals surface area contributed by atoms with Gasteiger partial charge in [0.05, 0.1) is 6.61 Å². The van der Waals surface area contributed by atoms with Gasteiger partial charge in [-0.25, -0.2) is 8.42 Å². The van der Waals surface area contributed by atoms with Crippen LogP contribution in [0.1, 0.15) is 32.6 Å². The number of aromatic nitrogens is 2. The van der Waals surface area contributed by atoms with Crippen molar-refractivity contribution in [3.8, 4) is 0 Å². The van der Waals surface area contributed by atoms with E-state index in [0.717, 1.165) is 19.3 Å². The van der Waals surface area contributed by atoms with Crippen LogP contribution in [0, 0.1) is 0 Å². The highest BCUT2D eigenvalue weighted by Gasteiger charge is 2.35. The minimum Gasteiger partial charge on any atom is -0.395 e. The summed E-state index contributed by atoms with van der Waals surface area (Å²) in [5, 5.41) is 13.4. The van der Waals surface area contributed by atoms with E-state index in [2.05, 4.69) is 5.10 Å². The van der Waals surface area contributed by atoms with Crippen molar-refractivity contribution in [3.63, 3.8) is 0 Å². The van der Waals surface area contributed by atoms with Gasteiger partial charge in [0.25, 0.3) is 0 Å². The monoisotopic (exact) mass is 302 g/mol. The summed E-state index contributed by atoms with van der Waals surface area (Å²) >= 11 is 0. The largest absolute Gasteiger partial charge is 0.395 e. The first-order valence-electron chi connectivity index (χ1n) is 6.96. The second-order valence-corrected chi connectivity index (χ2v) is 6.95. The maximum absolute atomic E-state index is 12.7. The van der Waals surface area contributed by atoms with Crippen LogP contribution in [0.4, 0.5) is 5.82 Å². The number of sulfonamides is 1. The number of hydrogen-bond acceptors (Lipinski definition) is 5. The Morgan fingerprint density at radius 2 is 2.25 bits per heavy atom. The molecule has 20 heavy (non-hydrogen) atoms. The van der Waals surface area contributed by atoms with Crippen LogP contribution in [0.3, 0.4) is 0 Å². The van der Waals surface area contributed by atoms with E-state index in [1.54, 1.807) is 4.68 Å². The standard InChI is InChI=1S/C12H22N4O3S/c1-2-6-15-8-11(12(13)14-15)20(18,19)16-7-4-3-5-10(16)9-17/h8,10,17H,2-7,9H2,1H3,(H2,13,14). The van der Waals surface area contributed by atoms with Gasteiger partial charge in [-0.3, -0.25) is 4.68 Å². The molecule has 0 bridgehead atoms. The van der Waals surface area contributed by atoms with Crippen LogP contribution in [0.15, 0.2) is 11.1 Å². The van der Waals surface area contributed by atoms with Crippen molar-refractivity contribution >= 4 is 15.8 Å². The Balaban J connectivity index is 2.33. The maximum Gasteiger partial charge on any atom is 0.248 e. The molecular formula is C12H22N4O3S. The van der Waals surface area contributed by atoms with Crippen LogP contribution in [-0.2, 0) is 16.6 Å². The van der Waals surface area contributed by atoms with Crippen molar-refractivity contribution in [1.29, 1.82) is 0 Å². The first-order chi connectivity index (χ1) is 9.50. The molecule has 3 N–H and O–H groups in total. The topological polar surface area (TPSA) is 101 Å². The summed E-state index contributed by atoms with van der Waals surface area (Å²) < 4.78 is 28.3. The summed E-state index contributed by atoms with van der Waals surface area (Å²) in [6.07, 6.45) is 4.75. The van der Waals surface area contributed by atoms with Gasteiger partial charge in [-0.15, -0.1) is 0 Å². The van der Waals surface area contributed by atoms with Crippen molar-refractivity contribution in [2.45, 2.75) is 50.1 Å². The summed E-state index contributed by atoms with van der Waals surface area (Å²) in [4.78, 5) is 0.0475. The lowest BCUT2D eigenvalue weighted by molar-refractivity contribution is 0.155. The Hall–Kier alpha value is -1.12. The predicted octanol–water partition coefficient (Wildman–Crippen LogP) is 0.411. The van der Waals surface area contributed by atoms with Gasteiger partial charge in [0.2, 0.25) is 10.0 Å². The fourth-order valence-corrected chi connectivity index (χ4v) is 4.31. The molecule has 0 spiro atoms. The third-order valence-electron chi connectivity index (χ3n) is 3.58. The molecule has 2 rings (SSSR count). The molecule has 1 aromatic heterocycles. The zero-order chi connectivity index (χ0) is 14.8. The lowest BCUT2D eigenvalue weighted by Gasteiger charge is -2.33. The second-order valence-electron chi connectivity index (χ2n) is 5.09. The van der Waals surface area contributed by atoms with Gasteiger partial charge >= 0.3 is 0 Å². The van der Waals surface area contributed by atoms with Crippen molar-refractivity contribution in [2.24, 2.45) is 0 Å². The average Bonchev–Trinajstić information content (AvgIpc) is 2.81. The number of hydrogen-bond donors (Lipinski definition) is 2. The lowest BCUT2D eigenvalue weighted by atomic mass is 10.1. The minimum absolute atomic E-state index is 0.0284. The smallest absolute Gasteiger partial charge is 0.248 e. The van der Waals surface area contributed by atoms with Crippen molar-refractivity contribution in [2.75, 3.05) is 18.9 Å². The normalized spacial score (nSPS) is 21.2. The molecule has 0 radical (unpaired) electrons. The van der Waals surface area contributed by atoms with E-state index in [-0.39, 0.29) is 23.4 Å². The average molecular weight is 302 g/mol. The molecule has 1 aromatic rings. The summed E-state index contributed by atoms with van der Waals surface area (Å²) in [5.41, 5.74) is 5.75. The zero-order valence-corrected chi connectivity index (χ0v) is 12.5. The molecule has 1 aliphatic rings. The number of nitrogens with two attached hydrogens (primary N) is 1. The number of aliphatic hydroxyl groups excluding tert-OH is 1. The molecule has 0 aromatic carbocycles. The highest BCUT2D eigenvalue weighted by atomic mass is 32.2. The Kier molecular flexibility index (Phi) is 4.66. The molecule has 1 atom stereocenters. The maximum atomic E-state index is 12.7. The molecular weight excluding hydrogens is 280 g/mol. The molecule has 8 heteroatoms. The zero-order valence-electron chi connectivity index (χ0n) is 11.7. The molecule has 1 saturated heterocycles. The van der Waals surface area contributed by atoms with Crippen LogP contribution in [-0.4, -0.2) is 46.8 Å². The summed E-state index contributed by atoms with van der Waals surface area (Å²) in [5.74, 6) is 0.0284. The SMILES string of the molecule is CCCn1cc(S(=O)(=O)N2CCCCC2CO)c(N)n1. The van der Waals surface area contributed by atoms with Gasteiger partial charge in [0.15, 0.2) is 5.82 Å². The van der Waals surface area contributed by atoms with Gasteiger partial charge < -0.3 is 10.8 Å². The number of aryl methyl sites for hydroxylation is 1. The molecule has 0 aliphatic carbocycles. The second kappa shape index (κ2) is 6.11. The number of anilines is 1. The van der Waals surface area contributed by atoms with E-state index < -0.39 is 10.0 Å². The molecule has 1 unspecified atom stereocenters. The van der Waals surface area contributed by atoms with E-state index in [1.807, 2.05) is 6.92 Å². The number of rotatable bonds is 5. The Bertz CT molecular complexity index is 555. The number of nitrogens with zero attached hydrogens (tertiary/aromatic N) is 3. The van der Waals surface area contributed by atoms with Crippen LogP contribution in [0.25, 0.3) is 0 Å². The van der Waals surface area contributed by atoms with E-state index in [9.17, 15) is 13.5 Å². The van der Waals surface area contributed by atoms with E-state index in [1.165, 1.54) is 10.5 Å². The van der Waals surface area contributed by atoms with Crippen LogP contribution in [0.2, 0.25) is 0 Å². The molecule has 0 saturated carbocycles. The lowest BCUT2D eigenvalue weighted by Crippen LogP contribution is -2.45. The fraction of sp³-hybridized carbons (Fsp3) is 0.750. The Labute approximate surface area is 119 Å². The van der Waals surface area contributed by atoms with Gasteiger partial charge in [-0.1, -0.05) is 13.3 Å². The summed E-state index contributed by atoms with van der Waals surface area (Å²) in [7, 11) is -3.69.